The van der Waals surface area contributed by atoms with Gasteiger partial charge in [0.1, 0.15) is 12.7 Å². The van der Waals surface area contributed by atoms with Crippen LogP contribution < -0.4 is 0 Å². The van der Waals surface area contributed by atoms with Gasteiger partial charge in [-0.25, -0.2) is 4.98 Å². The van der Waals surface area contributed by atoms with Gasteiger partial charge in [-0.1, -0.05) is 42.5 Å². The average molecular weight is 297 g/mol. The third-order valence-corrected chi connectivity index (χ3v) is 4.05. The molecule has 0 atom stereocenters. The van der Waals surface area contributed by atoms with Crippen LogP contribution in [0.25, 0.3) is 6.08 Å². The maximum atomic E-state index is 4.14. The second-order valence-electron chi connectivity index (χ2n) is 5.61. The largest absolute Gasteiger partial charge is 0.299 e. The maximum absolute atomic E-state index is 4.14. The zero-order chi connectivity index (χ0) is 15.0. The van der Waals surface area contributed by atoms with Crippen molar-refractivity contribution in [3.63, 3.8) is 0 Å². The van der Waals surface area contributed by atoms with E-state index in [0.717, 1.165) is 45.8 Å². The first-order valence-corrected chi connectivity index (χ1v) is 7.89. The van der Waals surface area contributed by atoms with Crippen LogP contribution in [0.3, 0.4) is 0 Å². The summed E-state index contributed by atoms with van der Waals surface area (Å²) in [5, 5.41) is 4.14. The van der Waals surface area contributed by atoms with Gasteiger partial charge in [-0.15, -0.1) is 0 Å². The van der Waals surface area contributed by atoms with E-state index >= 15 is 0 Å². The molecular formula is C17H23N5. The molecule has 1 aromatic heterocycles. The first-order valence-electron chi connectivity index (χ1n) is 7.89. The number of aromatic nitrogens is 3. The molecule has 0 aliphatic carbocycles. The van der Waals surface area contributed by atoms with E-state index in [-0.39, 0.29) is 0 Å². The van der Waals surface area contributed by atoms with Gasteiger partial charge in [0.15, 0.2) is 0 Å². The predicted octanol–water partition coefficient (Wildman–Crippen LogP) is 1.61. The van der Waals surface area contributed by atoms with Crippen molar-refractivity contribution in [2.45, 2.75) is 6.54 Å². The van der Waals surface area contributed by atoms with Crippen molar-refractivity contribution >= 4 is 6.08 Å². The first kappa shape index (κ1) is 14.9. The van der Waals surface area contributed by atoms with Crippen LogP contribution in [-0.4, -0.2) is 63.8 Å². The van der Waals surface area contributed by atoms with Crippen molar-refractivity contribution in [1.29, 1.82) is 0 Å². The summed E-state index contributed by atoms with van der Waals surface area (Å²) in [5.41, 5.74) is 1.27. The molecule has 0 saturated carbocycles. The summed E-state index contributed by atoms with van der Waals surface area (Å²) in [6, 6.07) is 10.5. The lowest BCUT2D eigenvalue weighted by atomic mass is 10.2. The highest BCUT2D eigenvalue weighted by molar-refractivity contribution is 5.48. The maximum Gasteiger partial charge on any atom is 0.137 e. The fourth-order valence-electron chi connectivity index (χ4n) is 2.69. The summed E-state index contributed by atoms with van der Waals surface area (Å²) in [6.45, 7) is 7.55. The lowest BCUT2D eigenvalue weighted by Crippen LogP contribution is -2.47. The second kappa shape index (κ2) is 7.87. The Hall–Kier alpha value is -1.98. The van der Waals surface area contributed by atoms with Crippen molar-refractivity contribution in [3.8, 4) is 0 Å². The lowest BCUT2D eigenvalue weighted by molar-refractivity contribution is 0.138. The van der Waals surface area contributed by atoms with Gasteiger partial charge in [0, 0.05) is 39.3 Å². The molecular weight excluding hydrogens is 274 g/mol. The highest BCUT2D eigenvalue weighted by Crippen LogP contribution is 2.04. The van der Waals surface area contributed by atoms with E-state index in [9.17, 15) is 0 Å². The number of hydrogen-bond acceptors (Lipinski definition) is 4. The molecule has 0 amide bonds. The number of nitrogens with zero attached hydrogens (tertiary/aromatic N) is 5. The number of rotatable bonds is 6. The normalized spacial score (nSPS) is 17.3. The summed E-state index contributed by atoms with van der Waals surface area (Å²) < 4.78 is 1.90. The first-order chi connectivity index (χ1) is 10.9. The molecule has 2 aromatic rings. The highest BCUT2D eigenvalue weighted by atomic mass is 15.3. The number of benzene rings is 1. The molecule has 0 radical (unpaired) electrons. The fourth-order valence-corrected chi connectivity index (χ4v) is 2.69. The molecule has 0 N–H and O–H groups in total. The molecule has 1 aliphatic rings. The van der Waals surface area contributed by atoms with Gasteiger partial charge in [-0.3, -0.25) is 14.5 Å². The number of hydrogen-bond donors (Lipinski definition) is 0. The van der Waals surface area contributed by atoms with Gasteiger partial charge >= 0.3 is 0 Å². The van der Waals surface area contributed by atoms with Crippen molar-refractivity contribution in [1.82, 2.24) is 24.6 Å². The SMILES string of the molecule is C(=Cc1ccccc1)CN1CCN(CCn2cncn2)CC1. The smallest absolute Gasteiger partial charge is 0.137 e. The third kappa shape index (κ3) is 4.51. The summed E-state index contributed by atoms with van der Waals surface area (Å²) in [7, 11) is 0. The molecule has 1 aliphatic heterocycles. The summed E-state index contributed by atoms with van der Waals surface area (Å²) in [6.07, 6.45) is 7.85. The molecule has 22 heavy (non-hydrogen) atoms. The Morgan fingerprint density at radius 3 is 2.45 bits per heavy atom. The van der Waals surface area contributed by atoms with Gasteiger partial charge in [-0.05, 0) is 5.56 Å². The zero-order valence-corrected chi connectivity index (χ0v) is 12.9. The molecule has 5 nitrogen and oxygen atoms in total. The molecule has 1 aromatic carbocycles. The van der Waals surface area contributed by atoms with Crippen molar-refractivity contribution in [3.05, 3.63) is 54.6 Å². The molecule has 0 bridgehead atoms. The Balaban J connectivity index is 1.36. The monoisotopic (exact) mass is 297 g/mol. The molecule has 0 spiro atoms. The molecule has 3 rings (SSSR count). The van der Waals surface area contributed by atoms with Gasteiger partial charge in [0.25, 0.3) is 0 Å². The van der Waals surface area contributed by atoms with E-state index in [1.807, 2.05) is 4.68 Å². The Labute approximate surface area is 131 Å². The summed E-state index contributed by atoms with van der Waals surface area (Å²) >= 11 is 0. The van der Waals surface area contributed by atoms with E-state index in [2.05, 4.69) is 62.4 Å². The van der Waals surface area contributed by atoms with Gasteiger partial charge in [0.2, 0.25) is 0 Å². The second-order valence-corrected chi connectivity index (χ2v) is 5.61. The molecule has 1 fully saturated rings. The van der Waals surface area contributed by atoms with Crippen LogP contribution in [0.15, 0.2) is 49.1 Å². The Kier molecular flexibility index (Phi) is 5.34. The van der Waals surface area contributed by atoms with Crippen LogP contribution in [-0.2, 0) is 6.54 Å². The van der Waals surface area contributed by atoms with E-state index in [4.69, 9.17) is 0 Å². The molecule has 0 unspecified atom stereocenters. The van der Waals surface area contributed by atoms with E-state index in [1.165, 1.54) is 5.56 Å². The average Bonchev–Trinajstić information content (AvgIpc) is 3.09. The van der Waals surface area contributed by atoms with Crippen molar-refractivity contribution in [2.75, 3.05) is 39.3 Å². The third-order valence-electron chi connectivity index (χ3n) is 4.05. The zero-order valence-electron chi connectivity index (χ0n) is 12.9. The lowest BCUT2D eigenvalue weighted by Gasteiger charge is -2.34. The Bertz CT molecular complexity index is 556. The van der Waals surface area contributed by atoms with E-state index in [1.54, 1.807) is 12.7 Å². The van der Waals surface area contributed by atoms with E-state index in [0.29, 0.717) is 0 Å². The van der Waals surface area contributed by atoms with Gasteiger partial charge in [0.05, 0.1) is 6.54 Å². The van der Waals surface area contributed by atoms with Crippen LogP contribution >= 0.6 is 0 Å². The molecule has 1 saturated heterocycles. The topological polar surface area (TPSA) is 37.2 Å². The summed E-state index contributed by atoms with van der Waals surface area (Å²) in [4.78, 5) is 8.98. The molecule has 116 valence electrons. The number of piperazine rings is 1. The standard InChI is InChI=1S/C17H23N5/c1-2-5-17(6-3-1)7-4-8-20-9-11-21(12-10-20)13-14-22-16-18-15-19-22/h1-7,15-16H,8-14H2. The fraction of sp³-hybridized carbons (Fsp3) is 0.412. The van der Waals surface area contributed by atoms with Crippen LogP contribution in [0.2, 0.25) is 0 Å². The molecule has 5 heteroatoms. The minimum atomic E-state index is 0.925. The van der Waals surface area contributed by atoms with Crippen LogP contribution in [0.4, 0.5) is 0 Å². The van der Waals surface area contributed by atoms with Crippen LogP contribution in [0.1, 0.15) is 5.56 Å². The Morgan fingerprint density at radius 1 is 0.955 bits per heavy atom. The van der Waals surface area contributed by atoms with Gasteiger partial charge < -0.3 is 0 Å². The predicted molar refractivity (Wildman–Crippen MR) is 88.4 cm³/mol. The van der Waals surface area contributed by atoms with Crippen molar-refractivity contribution in [2.24, 2.45) is 0 Å². The minimum Gasteiger partial charge on any atom is -0.299 e. The van der Waals surface area contributed by atoms with Crippen LogP contribution in [0, 0.1) is 0 Å². The quantitative estimate of drug-likeness (QED) is 0.812. The minimum absolute atomic E-state index is 0.925. The van der Waals surface area contributed by atoms with Crippen molar-refractivity contribution < 1.29 is 0 Å². The van der Waals surface area contributed by atoms with Crippen LogP contribution in [0.5, 0.6) is 0 Å². The summed E-state index contributed by atoms with van der Waals surface area (Å²) in [5.74, 6) is 0. The molecule has 2 heterocycles. The Morgan fingerprint density at radius 2 is 1.73 bits per heavy atom. The van der Waals surface area contributed by atoms with Gasteiger partial charge in [-0.2, -0.15) is 5.10 Å². The van der Waals surface area contributed by atoms with E-state index < -0.39 is 0 Å². The highest BCUT2D eigenvalue weighted by Gasteiger charge is 2.15.